The molecule has 116 valence electrons. The molecule has 3 nitrogen and oxygen atoms in total. The van der Waals surface area contributed by atoms with E-state index in [1.807, 2.05) is 0 Å². The molecular weight excluding hydrogens is 279 g/mol. The van der Waals surface area contributed by atoms with Crippen LogP contribution in [0.15, 0.2) is 18.2 Å². The highest BCUT2D eigenvalue weighted by atomic mass is 19.4. The van der Waals surface area contributed by atoms with Crippen molar-refractivity contribution in [1.29, 1.82) is 0 Å². The quantitative estimate of drug-likeness (QED) is 0.898. The van der Waals surface area contributed by atoms with E-state index in [4.69, 9.17) is 5.73 Å². The van der Waals surface area contributed by atoms with Gasteiger partial charge >= 0.3 is 6.18 Å². The fraction of sp³-hybridized carbons (Fsp3) is 0.533. The van der Waals surface area contributed by atoms with Gasteiger partial charge < -0.3 is 10.7 Å². The fourth-order valence-electron chi connectivity index (χ4n) is 2.43. The lowest BCUT2D eigenvalue weighted by Crippen LogP contribution is -2.20. The minimum absolute atomic E-state index is 0.00624. The number of fused-ring (bicyclic) bond motifs is 1. The number of hydrogen-bond acceptors (Lipinski definition) is 2. The number of H-pyrrole nitrogens is 1. The Hall–Kier alpha value is -1.56. The van der Waals surface area contributed by atoms with Gasteiger partial charge in [-0.2, -0.15) is 13.2 Å². The molecule has 1 aromatic heterocycles. The largest absolute Gasteiger partial charge is 0.416 e. The highest BCUT2D eigenvalue weighted by molar-refractivity contribution is 5.76. The molecule has 0 saturated carbocycles. The van der Waals surface area contributed by atoms with Gasteiger partial charge in [-0.1, -0.05) is 20.8 Å². The summed E-state index contributed by atoms with van der Waals surface area (Å²) in [7, 11) is 0. The number of aromatic amines is 1. The third kappa shape index (κ3) is 3.75. The van der Waals surface area contributed by atoms with Crippen molar-refractivity contribution in [3.05, 3.63) is 29.6 Å². The van der Waals surface area contributed by atoms with Crippen molar-refractivity contribution < 1.29 is 13.2 Å². The van der Waals surface area contributed by atoms with Gasteiger partial charge in [-0.3, -0.25) is 0 Å². The Balaban J connectivity index is 2.38. The lowest BCUT2D eigenvalue weighted by molar-refractivity contribution is -0.137. The minimum Gasteiger partial charge on any atom is -0.342 e. The van der Waals surface area contributed by atoms with Crippen LogP contribution >= 0.6 is 0 Å². The first-order valence-corrected chi connectivity index (χ1v) is 6.87. The number of rotatable bonds is 3. The van der Waals surface area contributed by atoms with E-state index >= 15 is 0 Å². The zero-order valence-electron chi connectivity index (χ0n) is 12.4. The molecule has 0 spiro atoms. The van der Waals surface area contributed by atoms with Gasteiger partial charge in [0.2, 0.25) is 0 Å². The average Bonchev–Trinajstić information content (AvgIpc) is 2.76. The maximum atomic E-state index is 12.7. The van der Waals surface area contributed by atoms with E-state index in [-0.39, 0.29) is 11.3 Å². The van der Waals surface area contributed by atoms with Gasteiger partial charge in [0.15, 0.2) is 0 Å². The van der Waals surface area contributed by atoms with Crippen LogP contribution in [0.25, 0.3) is 11.0 Å². The van der Waals surface area contributed by atoms with Gasteiger partial charge in [0, 0.05) is 12.5 Å². The van der Waals surface area contributed by atoms with Crippen LogP contribution in [0.5, 0.6) is 0 Å². The van der Waals surface area contributed by atoms with Crippen LogP contribution in [-0.2, 0) is 6.18 Å². The summed E-state index contributed by atoms with van der Waals surface area (Å²) >= 11 is 0. The minimum atomic E-state index is -4.35. The summed E-state index contributed by atoms with van der Waals surface area (Å²) in [6.07, 6.45) is -3.53. The Morgan fingerprint density at radius 3 is 2.43 bits per heavy atom. The Morgan fingerprint density at radius 2 is 1.90 bits per heavy atom. The van der Waals surface area contributed by atoms with Crippen molar-refractivity contribution in [2.24, 2.45) is 11.1 Å². The predicted octanol–water partition coefficient (Wildman–Crippen LogP) is 4.06. The molecular formula is C15H20F3N3. The summed E-state index contributed by atoms with van der Waals surface area (Å²) in [5.41, 5.74) is 6.12. The molecule has 2 aromatic rings. The summed E-state index contributed by atoms with van der Waals surface area (Å²) in [4.78, 5) is 7.38. The molecule has 3 N–H and O–H groups in total. The van der Waals surface area contributed by atoms with Crippen LogP contribution in [0.2, 0.25) is 0 Å². The predicted molar refractivity (Wildman–Crippen MR) is 77.0 cm³/mol. The van der Waals surface area contributed by atoms with Crippen LogP contribution in [0.4, 0.5) is 13.2 Å². The summed E-state index contributed by atoms with van der Waals surface area (Å²) in [6, 6.07) is 3.54. The second kappa shape index (κ2) is 5.33. The molecule has 21 heavy (non-hydrogen) atoms. The van der Waals surface area contributed by atoms with Gasteiger partial charge in [0.25, 0.3) is 0 Å². The number of nitrogens with two attached hydrogens (primary N) is 1. The van der Waals surface area contributed by atoms with Gasteiger partial charge in [0.1, 0.15) is 5.82 Å². The van der Waals surface area contributed by atoms with Crippen molar-refractivity contribution in [1.82, 2.24) is 9.97 Å². The molecule has 0 bridgehead atoms. The number of nitrogens with zero attached hydrogens (tertiary/aromatic N) is 1. The zero-order valence-corrected chi connectivity index (χ0v) is 12.4. The molecule has 1 heterocycles. The van der Waals surface area contributed by atoms with Crippen molar-refractivity contribution >= 4 is 11.0 Å². The van der Waals surface area contributed by atoms with Crippen LogP contribution in [0.1, 0.15) is 44.5 Å². The van der Waals surface area contributed by atoms with E-state index in [0.717, 1.165) is 18.6 Å². The second-order valence-electron chi connectivity index (χ2n) is 6.55. The second-order valence-corrected chi connectivity index (χ2v) is 6.55. The Labute approximate surface area is 121 Å². The van der Waals surface area contributed by atoms with Crippen molar-refractivity contribution in [3.8, 4) is 0 Å². The van der Waals surface area contributed by atoms with Gasteiger partial charge in [0.05, 0.1) is 16.6 Å². The van der Waals surface area contributed by atoms with E-state index in [1.54, 1.807) is 0 Å². The number of imidazole rings is 1. The molecule has 0 radical (unpaired) electrons. The van der Waals surface area contributed by atoms with E-state index < -0.39 is 11.7 Å². The topological polar surface area (TPSA) is 54.7 Å². The van der Waals surface area contributed by atoms with Crippen LogP contribution in [0.3, 0.4) is 0 Å². The van der Waals surface area contributed by atoms with Gasteiger partial charge in [-0.05, 0) is 30.0 Å². The summed E-state index contributed by atoms with van der Waals surface area (Å²) in [5, 5.41) is 0. The van der Waals surface area contributed by atoms with E-state index in [0.29, 0.717) is 23.4 Å². The first kappa shape index (κ1) is 15.8. The first-order valence-electron chi connectivity index (χ1n) is 6.87. The van der Waals surface area contributed by atoms with E-state index in [9.17, 15) is 13.2 Å². The molecule has 0 saturated heterocycles. The summed E-state index contributed by atoms with van der Waals surface area (Å²) < 4.78 is 38.1. The number of nitrogens with one attached hydrogen (secondary N) is 1. The fourth-order valence-corrected chi connectivity index (χ4v) is 2.43. The molecule has 1 atom stereocenters. The van der Waals surface area contributed by atoms with E-state index in [2.05, 4.69) is 30.7 Å². The number of hydrogen-bond donors (Lipinski definition) is 2. The maximum absolute atomic E-state index is 12.7. The normalized spacial score (nSPS) is 14.6. The number of halogens is 3. The molecule has 0 amide bonds. The first-order chi connectivity index (χ1) is 9.60. The highest BCUT2D eigenvalue weighted by Crippen LogP contribution is 2.33. The molecule has 6 heteroatoms. The number of aromatic nitrogens is 2. The molecule has 0 aliphatic carbocycles. The number of benzene rings is 1. The molecule has 0 aliphatic rings. The maximum Gasteiger partial charge on any atom is 0.416 e. The Morgan fingerprint density at radius 1 is 1.24 bits per heavy atom. The standard InChI is InChI=1S/C15H20F3N3/c1-14(2,3)7-9(8-19)13-20-11-5-4-10(15(16,17)18)6-12(11)21-13/h4-6,9H,7-8,19H2,1-3H3,(H,20,21). The molecule has 1 aromatic carbocycles. The van der Waals surface area contributed by atoms with Crippen LogP contribution < -0.4 is 5.73 Å². The van der Waals surface area contributed by atoms with E-state index in [1.165, 1.54) is 6.07 Å². The summed E-state index contributed by atoms with van der Waals surface area (Å²) in [6.45, 7) is 6.70. The monoisotopic (exact) mass is 299 g/mol. The summed E-state index contributed by atoms with van der Waals surface area (Å²) in [5.74, 6) is 0.661. The highest BCUT2D eigenvalue weighted by Gasteiger charge is 2.31. The molecule has 2 rings (SSSR count). The average molecular weight is 299 g/mol. The Bertz CT molecular complexity index is 623. The van der Waals surface area contributed by atoms with Crippen molar-refractivity contribution in [3.63, 3.8) is 0 Å². The molecule has 0 aliphatic heterocycles. The number of alkyl halides is 3. The van der Waals surface area contributed by atoms with Crippen LogP contribution in [0, 0.1) is 5.41 Å². The zero-order chi connectivity index (χ0) is 15.8. The third-order valence-corrected chi connectivity index (χ3v) is 3.36. The van der Waals surface area contributed by atoms with Crippen molar-refractivity contribution in [2.45, 2.75) is 39.3 Å². The molecule has 1 unspecified atom stereocenters. The lowest BCUT2D eigenvalue weighted by Gasteiger charge is -2.23. The molecule has 0 fully saturated rings. The van der Waals surface area contributed by atoms with Crippen molar-refractivity contribution in [2.75, 3.05) is 6.54 Å². The lowest BCUT2D eigenvalue weighted by atomic mass is 9.84. The Kier molecular flexibility index (Phi) is 4.02. The van der Waals surface area contributed by atoms with Crippen LogP contribution in [-0.4, -0.2) is 16.5 Å². The van der Waals surface area contributed by atoms with Gasteiger partial charge in [-0.25, -0.2) is 4.98 Å². The smallest absolute Gasteiger partial charge is 0.342 e. The SMILES string of the molecule is CC(C)(C)CC(CN)c1nc2ccc(C(F)(F)F)cc2[nH]1. The third-order valence-electron chi connectivity index (χ3n) is 3.36. The van der Waals surface area contributed by atoms with Gasteiger partial charge in [-0.15, -0.1) is 0 Å².